The van der Waals surface area contributed by atoms with Gasteiger partial charge in [-0.2, -0.15) is 0 Å². The molecule has 104 valence electrons. The Labute approximate surface area is 127 Å². The van der Waals surface area contributed by atoms with Gasteiger partial charge in [0, 0.05) is 29.0 Å². The maximum Gasteiger partial charge on any atom is 0.188 e. The van der Waals surface area contributed by atoms with Crippen molar-refractivity contribution in [3.05, 3.63) is 64.4 Å². The van der Waals surface area contributed by atoms with E-state index in [0.717, 1.165) is 17.3 Å². The second-order valence-electron chi connectivity index (χ2n) is 4.44. The third kappa shape index (κ3) is 4.87. The lowest BCUT2D eigenvalue weighted by Crippen LogP contribution is -2.10. The van der Waals surface area contributed by atoms with Crippen molar-refractivity contribution in [2.45, 2.75) is 12.8 Å². The fourth-order valence-corrected chi connectivity index (χ4v) is 2.08. The molecule has 0 radical (unpaired) electrons. The van der Waals surface area contributed by atoms with Crippen molar-refractivity contribution in [2.24, 2.45) is 0 Å². The predicted molar refractivity (Wildman–Crippen MR) is 81.8 cm³/mol. The lowest BCUT2D eigenvalue weighted by molar-refractivity contribution is 0.0756. The summed E-state index contributed by atoms with van der Waals surface area (Å²) in [6.07, 6.45) is 5.41. The van der Waals surface area contributed by atoms with Gasteiger partial charge in [-0.25, -0.2) is 0 Å². The van der Waals surface area contributed by atoms with E-state index in [1.807, 2.05) is 24.3 Å². The van der Waals surface area contributed by atoms with E-state index in [0.29, 0.717) is 12.2 Å². The molecule has 0 saturated carbocycles. The SMILES string of the molecule is O=C(COCCCc1ccncc1)c1ccc(Br)cc1. The molecule has 2 aromatic rings. The number of nitrogens with zero attached hydrogens (tertiary/aromatic N) is 1. The van der Waals surface area contributed by atoms with Crippen LogP contribution in [0, 0.1) is 0 Å². The number of ketones is 1. The van der Waals surface area contributed by atoms with Crippen LogP contribution in [-0.4, -0.2) is 24.0 Å². The molecule has 20 heavy (non-hydrogen) atoms. The first kappa shape index (κ1) is 14.9. The van der Waals surface area contributed by atoms with Gasteiger partial charge in [0.2, 0.25) is 0 Å². The molecule has 0 aliphatic rings. The Bertz CT molecular complexity index is 540. The second kappa shape index (κ2) is 7.92. The van der Waals surface area contributed by atoms with Crippen LogP contribution in [0.15, 0.2) is 53.3 Å². The van der Waals surface area contributed by atoms with Crippen LogP contribution < -0.4 is 0 Å². The summed E-state index contributed by atoms with van der Waals surface area (Å²) in [5, 5.41) is 0. The number of carbonyl (C=O) groups excluding carboxylic acids is 1. The van der Waals surface area contributed by atoms with Crippen molar-refractivity contribution >= 4 is 21.7 Å². The normalized spacial score (nSPS) is 10.4. The van der Waals surface area contributed by atoms with E-state index in [2.05, 4.69) is 20.9 Å². The number of hydrogen-bond acceptors (Lipinski definition) is 3. The Kier molecular flexibility index (Phi) is 5.89. The molecule has 1 aromatic carbocycles. The zero-order valence-electron chi connectivity index (χ0n) is 11.1. The molecule has 0 aliphatic carbocycles. The van der Waals surface area contributed by atoms with E-state index < -0.39 is 0 Å². The van der Waals surface area contributed by atoms with Crippen LogP contribution in [0.4, 0.5) is 0 Å². The van der Waals surface area contributed by atoms with Crippen LogP contribution in [0.3, 0.4) is 0 Å². The largest absolute Gasteiger partial charge is 0.373 e. The fourth-order valence-electron chi connectivity index (χ4n) is 1.81. The van der Waals surface area contributed by atoms with Gasteiger partial charge >= 0.3 is 0 Å². The first-order valence-corrected chi connectivity index (χ1v) is 7.30. The molecule has 4 heteroatoms. The number of benzene rings is 1. The highest BCUT2D eigenvalue weighted by Gasteiger charge is 2.05. The molecule has 1 aromatic heterocycles. The summed E-state index contributed by atoms with van der Waals surface area (Å²) in [6, 6.07) is 11.3. The summed E-state index contributed by atoms with van der Waals surface area (Å²) in [5.41, 5.74) is 1.92. The van der Waals surface area contributed by atoms with Crippen LogP contribution >= 0.6 is 15.9 Å². The summed E-state index contributed by atoms with van der Waals surface area (Å²) in [5.74, 6) is 0.0152. The van der Waals surface area contributed by atoms with Gasteiger partial charge in [-0.3, -0.25) is 9.78 Å². The van der Waals surface area contributed by atoms with Crippen molar-refractivity contribution < 1.29 is 9.53 Å². The number of halogens is 1. The van der Waals surface area contributed by atoms with Crippen molar-refractivity contribution in [3.8, 4) is 0 Å². The molecule has 0 bridgehead atoms. The number of rotatable bonds is 7. The second-order valence-corrected chi connectivity index (χ2v) is 5.36. The fraction of sp³-hybridized carbons (Fsp3) is 0.250. The maximum absolute atomic E-state index is 11.8. The number of hydrogen-bond donors (Lipinski definition) is 0. The van der Waals surface area contributed by atoms with E-state index in [-0.39, 0.29) is 12.4 Å². The Morgan fingerprint density at radius 2 is 1.80 bits per heavy atom. The Morgan fingerprint density at radius 3 is 2.50 bits per heavy atom. The molecular formula is C16H16BrNO2. The molecule has 2 rings (SSSR count). The minimum Gasteiger partial charge on any atom is -0.373 e. The number of aryl methyl sites for hydroxylation is 1. The van der Waals surface area contributed by atoms with Crippen molar-refractivity contribution in [1.29, 1.82) is 0 Å². The third-order valence-electron chi connectivity index (χ3n) is 2.90. The minimum absolute atomic E-state index is 0.0152. The monoisotopic (exact) mass is 333 g/mol. The Balaban J connectivity index is 1.66. The van der Waals surface area contributed by atoms with Gasteiger partial charge in [0.15, 0.2) is 5.78 Å². The van der Waals surface area contributed by atoms with E-state index >= 15 is 0 Å². The van der Waals surface area contributed by atoms with Crippen LogP contribution in [0.25, 0.3) is 0 Å². The molecule has 0 unspecified atom stereocenters. The van der Waals surface area contributed by atoms with E-state index in [1.165, 1.54) is 5.56 Å². The molecule has 0 N–H and O–H groups in total. The highest BCUT2D eigenvalue weighted by Crippen LogP contribution is 2.11. The molecule has 0 amide bonds. The summed E-state index contributed by atoms with van der Waals surface area (Å²) < 4.78 is 6.39. The smallest absolute Gasteiger partial charge is 0.188 e. The summed E-state index contributed by atoms with van der Waals surface area (Å²) >= 11 is 3.34. The van der Waals surface area contributed by atoms with Crippen molar-refractivity contribution in [3.63, 3.8) is 0 Å². The maximum atomic E-state index is 11.8. The molecule has 0 saturated heterocycles. The molecule has 0 fully saturated rings. The van der Waals surface area contributed by atoms with Crippen molar-refractivity contribution in [2.75, 3.05) is 13.2 Å². The van der Waals surface area contributed by atoms with Gasteiger partial charge in [0.05, 0.1) is 0 Å². The average Bonchev–Trinajstić information content (AvgIpc) is 2.48. The van der Waals surface area contributed by atoms with Gasteiger partial charge in [-0.05, 0) is 42.7 Å². The molecule has 0 atom stereocenters. The quantitative estimate of drug-likeness (QED) is 0.573. The molecule has 3 nitrogen and oxygen atoms in total. The lowest BCUT2D eigenvalue weighted by Gasteiger charge is -2.04. The van der Waals surface area contributed by atoms with Gasteiger partial charge in [-0.1, -0.05) is 28.1 Å². The molecule has 1 heterocycles. The standard InChI is InChI=1S/C16H16BrNO2/c17-15-5-3-14(4-6-15)16(19)12-20-11-1-2-13-7-9-18-10-8-13/h3-10H,1-2,11-12H2. The van der Waals surface area contributed by atoms with Gasteiger partial charge in [0.1, 0.15) is 6.61 Å². The number of Topliss-reactive ketones (excluding diaryl/α,β-unsaturated/α-hetero) is 1. The van der Waals surface area contributed by atoms with E-state index in [1.54, 1.807) is 24.5 Å². The molecule has 0 spiro atoms. The van der Waals surface area contributed by atoms with Crippen LogP contribution in [0.5, 0.6) is 0 Å². The van der Waals surface area contributed by atoms with Gasteiger partial charge in [-0.15, -0.1) is 0 Å². The first-order valence-electron chi connectivity index (χ1n) is 6.51. The number of carbonyl (C=O) groups is 1. The summed E-state index contributed by atoms with van der Waals surface area (Å²) in [6.45, 7) is 0.725. The third-order valence-corrected chi connectivity index (χ3v) is 3.43. The first-order chi connectivity index (χ1) is 9.75. The summed E-state index contributed by atoms with van der Waals surface area (Å²) in [7, 11) is 0. The predicted octanol–water partition coefficient (Wildman–Crippen LogP) is 3.68. The zero-order chi connectivity index (χ0) is 14.2. The average molecular weight is 334 g/mol. The lowest BCUT2D eigenvalue weighted by atomic mass is 10.1. The van der Waals surface area contributed by atoms with Crippen LogP contribution in [0.1, 0.15) is 22.3 Å². The summed E-state index contributed by atoms with van der Waals surface area (Å²) in [4.78, 5) is 15.8. The number of aromatic nitrogens is 1. The highest BCUT2D eigenvalue weighted by molar-refractivity contribution is 9.10. The number of pyridine rings is 1. The minimum atomic E-state index is 0.0152. The van der Waals surface area contributed by atoms with Crippen molar-refractivity contribution in [1.82, 2.24) is 4.98 Å². The van der Waals surface area contributed by atoms with E-state index in [4.69, 9.17) is 4.74 Å². The Morgan fingerprint density at radius 1 is 1.10 bits per heavy atom. The van der Waals surface area contributed by atoms with E-state index in [9.17, 15) is 4.79 Å². The topological polar surface area (TPSA) is 39.2 Å². The highest BCUT2D eigenvalue weighted by atomic mass is 79.9. The van der Waals surface area contributed by atoms with Gasteiger partial charge in [0.25, 0.3) is 0 Å². The Hall–Kier alpha value is -1.52. The number of ether oxygens (including phenoxy) is 1. The van der Waals surface area contributed by atoms with Gasteiger partial charge < -0.3 is 4.74 Å². The van der Waals surface area contributed by atoms with Crippen LogP contribution in [0.2, 0.25) is 0 Å². The zero-order valence-corrected chi connectivity index (χ0v) is 12.7. The van der Waals surface area contributed by atoms with Crippen LogP contribution in [-0.2, 0) is 11.2 Å². The molecular weight excluding hydrogens is 318 g/mol. The molecule has 0 aliphatic heterocycles.